The fourth-order valence-electron chi connectivity index (χ4n) is 3.51. The summed E-state index contributed by atoms with van der Waals surface area (Å²) < 4.78 is 0. The normalized spacial score (nSPS) is 12.7. The molecule has 33 heavy (non-hydrogen) atoms. The Balaban J connectivity index is 0.00000193. The molecule has 0 bridgehead atoms. The molecule has 0 unspecified atom stereocenters. The van der Waals surface area contributed by atoms with Crippen molar-refractivity contribution in [2.45, 2.75) is 16.7 Å². The average Bonchev–Trinajstić information content (AvgIpc) is 2.93. The van der Waals surface area contributed by atoms with E-state index in [0.29, 0.717) is 0 Å². The minimum atomic E-state index is -0.0647. The van der Waals surface area contributed by atoms with Crippen LogP contribution in [0.4, 0.5) is 11.4 Å². The molecular formula is C26H27Cl2N3OS. The van der Waals surface area contributed by atoms with Crippen molar-refractivity contribution in [3.63, 3.8) is 0 Å². The van der Waals surface area contributed by atoms with E-state index >= 15 is 0 Å². The van der Waals surface area contributed by atoms with Gasteiger partial charge < -0.3 is 10.2 Å². The van der Waals surface area contributed by atoms with Gasteiger partial charge in [-0.3, -0.25) is 9.79 Å². The van der Waals surface area contributed by atoms with Crippen LogP contribution in [-0.2, 0) is 4.79 Å². The highest BCUT2D eigenvalue weighted by Gasteiger charge is 2.13. The highest BCUT2D eigenvalue weighted by Crippen LogP contribution is 2.32. The van der Waals surface area contributed by atoms with Crippen LogP contribution in [0.1, 0.15) is 18.1 Å². The third-order valence-corrected chi connectivity index (χ3v) is 6.15. The van der Waals surface area contributed by atoms with Gasteiger partial charge in [0.25, 0.3) is 0 Å². The predicted molar refractivity (Wildman–Crippen MR) is 146 cm³/mol. The van der Waals surface area contributed by atoms with Crippen LogP contribution >= 0.6 is 36.6 Å². The first-order valence-corrected chi connectivity index (χ1v) is 11.1. The highest BCUT2D eigenvalue weighted by molar-refractivity contribution is 7.99. The number of hydrogen-bond donors (Lipinski definition) is 1. The standard InChI is InChI=1S/C26H25N3OS.2ClH/c1-19(30)28-21-12-14-22(15-13-21)31-26-10-6-3-7-20(26)11-16-24-23-8-4-5-9-25(23)29(2)18-17-27-24;;/h3-16H,17-18H2,1-2H3,(H,28,30);2*1H. The summed E-state index contributed by atoms with van der Waals surface area (Å²) in [6, 6.07) is 24.7. The quantitative estimate of drug-likeness (QED) is 0.430. The lowest BCUT2D eigenvalue weighted by molar-refractivity contribution is -0.114. The maximum atomic E-state index is 11.2. The lowest BCUT2D eigenvalue weighted by atomic mass is 10.1. The maximum Gasteiger partial charge on any atom is 0.221 e. The molecule has 0 saturated carbocycles. The van der Waals surface area contributed by atoms with Crippen LogP contribution in [-0.4, -0.2) is 31.8 Å². The van der Waals surface area contributed by atoms with Gasteiger partial charge >= 0.3 is 0 Å². The number of halogens is 2. The zero-order valence-corrected chi connectivity index (χ0v) is 21.0. The lowest BCUT2D eigenvalue weighted by Gasteiger charge is -2.18. The Bertz CT molecular complexity index is 1150. The monoisotopic (exact) mass is 499 g/mol. The summed E-state index contributed by atoms with van der Waals surface area (Å²) >= 11 is 1.71. The lowest BCUT2D eigenvalue weighted by Crippen LogP contribution is -2.20. The summed E-state index contributed by atoms with van der Waals surface area (Å²) in [5, 5.41) is 2.80. The number of aliphatic imine (C=N–C) groups is 1. The predicted octanol–water partition coefficient (Wildman–Crippen LogP) is 6.59. The number of allylic oxidation sites excluding steroid dienone is 1. The Morgan fingerprint density at radius 1 is 0.970 bits per heavy atom. The highest BCUT2D eigenvalue weighted by atomic mass is 35.5. The first-order valence-electron chi connectivity index (χ1n) is 10.3. The molecule has 0 atom stereocenters. The molecular weight excluding hydrogens is 473 g/mol. The SMILES string of the molecule is CC(=O)Nc1ccc(Sc2ccccc2C=CC2=NCCN(C)c3ccccc32)cc1.Cl.Cl. The summed E-state index contributed by atoms with van der Waals surface area (Å²) in [4.78, 5) is 20.6. The van der Waals surface area contributed by atoms with Crippen molar-refractivity contribution in [2.75, 3.05) is 30.4 Å². The van der Waals surface area contributed by atoms with E-state index in [-0.39, 0.29) is 30.7 Å². The van der Waals surface area contributed by atoms with Gasteiger partial charge in [-0.15, -0.1) is 24.8 Å². The minimum absolute atomic E-state index is 0. The van der Waals surface area contributed by atoms with Gasteiger partial charge in [0, 0.05) is 47.2 Å². The molecule has 0 aromatic heterocycles. The number of nitrogens with one attached hydrogen (secondary N) is 1. The van der Waals surface area contributed by atoms with Gasteiger partial charge in [-0.05, 0) is 48.0 Å². The number of rotatable bonds is 5. The number of benzodiazepines with no additional fused rings is 1. The summed E-state index contributed by atoms with van der Waals surface area (Å²) in [6.45, 7) is 3.21. The van der Waals surface area contributed by atoms with E-state index < -0.39 is 0 Å². The Hall–Kier alpha value is -2.73. The molecule has 0 radical (unpaired) electrons. The number of nitrogens with zero attached hydrogens (tertiary/aromatic N) is 2. The first-order chi connectivity index (χ1) is 15.1. The van der Waals surface area contributed by atoms with E-state index in [1.165, 1.54) is 17.5 Å². The maximum absolute atomic E-state index is 11.2. The van der Waals surface area contributed by atoms with Crippen molar-refractivity contribution < 1.29 is 4.79 Å². The molecule has 7 heteroatoms. The van der Waals surface area contributed by atoms with Crippen molar-refractivity contribution in [2.24, 2.45) is 4.99 Å². The smallest absolute Gasteiger partial charge is 0.221 e. The van der Waals surface area contributed by atoms with Crippen molar-refractivity contribution >= 4 is 65.6 Å². The van der Waals surface area contributed by atoms with Crippen LogP contribution in [0.15, 0.2) is 93.7 Å². The summed E-state index contributed by atoms with van der Waals surface area (Å²) in [5.41, 5.74) is 5.35. The van der Waals surface area contributed by atoms with E-state index in [9.17, 15) is 4.79 Å². The molecule has 1 amide bonds. The molecule has 0 saturated heterocycles. The van der Waals surface area contributed by atoms with Gasteiger partial charge in [-0.25, -0.2) is 0 Å². The molecule has 1 heterocycles. The molecule has 172 valence electrons. The number of amides is 1. The van der Waals surface area contributed by atoms with Gasteiger partial charge in [-0.2, -0.15) is 0 Å². The van der Waals surface area contributed by atoms with Gasteiger partial charge in [-0.1, -0.05) is 54.2 Å². The van der Waals surface area contributed by atoms with E-state index in [0.717, 1.165) is 40.5 Å². The van der Waals surface area contributed by atoms with Gasteiger partial charge in [0.2, 0.25) is 5.91 Å². The van der Waals surface area contributed by atoms with Gasteiger partial charge in [0.1, 0.15) is 0 Å². The Kier molecular flexibility index (Phi) is 10.0. The molecule has 0 spiro atoms. The summed E-state index contributed by atoms with van der Waals surface area (Å²) in [6.07, 6.45) is 4.27. The number of benzene rings is 3. The van der Waals surface area contributed by atoms with Crippen LogP contribution in [0.5, 0.6) is 0 Å². The zero-order valence-electron chi connectivity index (χ0n) is 18.5. The molecule has 1 aliphatic heterocycles. The zero-order chi connectivity index (χ0) is 21.6. The molecule has 4 rings (SSSR count). The van der Waals surface area contributed by atoms with Crippen molar-refractivity contribution in [1.29, 1.82) is 0 Å². The van der Waals surface area contributed by atoms with Crippen LogP contribution in [0.3, 0.4) is 0 Å². The molecule has 1 N–H and O–H groups in total. The molecule has 0 fully saturated rings. The van der Waals surface area contributed by atoms with Gasteiger partial charge in [0.05, 0.1) is 12.3 Å². The number of fused-ring (bicyclic) bond motifs is 1. The summed E-state index contributed by atoms with van der Waals surface area (Å²) in [5.74, 6) is -0.0647. The third-order valence-electron chi connectivity index (χ3n) is 5.05. The largest absolute Gasteiger partial charge is 0.372 e. The van der Waals surface area contributed by atoms with E-state index in [4.69, 9.17) is 4.99 Å². The number of para-hydroxylation sites is 1. The molecule has 0 aliphatic carbocycles. The Morgan fingerprint density at radius 3 is 2.42 bits per heavy atom. The van der Waals surface area contributed by atoms with Crippen molar-refractivity contribution in [3.8, 4) is 0 Å². The molecule has 3 aromatic carbocycles. The van der Waals surface area contributed by atoms with Crippen LogP contribution < -0.4 is 10.2 Å². The molecule has 1 aliphatic rings. The van der Waals surface area contributed by atoms with E-state index in [2.05, 4.69) is 77.9 Å². The topological polar surface area (TPSA) is 44.7 Å². The van der Waals surface area contributed by atoms with Gasteiger partial charge in [0.15, 0.2) is 0 Å². The Labute approximate surface area is 212 Å². The molecule has 3 aromatic rings. The second-order valence-corrected chi connectivity index (χ2v) is 8.50. The Morgan fingerprint density at radius 2 is 1.67 bits per heavy atom. The van der Waals surface area contributed by atoms with Crippen molar-refractivity contribution in [3.05, 3.63) is 90.0 Å². The number of likely N-dealkylation sites (N-methyl/N-ethyl adjacent to an activating group) is 1. The van der Waals surface area contributed by atoms with Crippen LogP contribution in [0.25, 0.3) is 6.08 Å². The van der Waals surface area contributed by atoms with Crippen LogP contribution in [0.2, 0.25) is 0 Å². The van der Waals surface area contributed by atoms with Crippen molar-refractivity contribution in [1.82, 2.24) is 0 Å². The summed E-state index contributed by atoms with van der Waals surface area (Å²) in [7, 11) is 2.12. The number of anilines is 2. The average molecular weight is 500 g/mol. The fraction of sp³-hybridized carbons (Fsp3) is 0.154. The van der Waals surface area contributed by atoms with E-state index in [1.54, 1.807) is 11.8 Å². The minimum Gasteiger partial charge on any atom is -0.372 e. The van der Waals surface area contributed by atoms with Crippen LogP contribution in [0, 0.1) is 0 Å². The number of hydrogen-bond acceptors (Lipinski definition) is 4. The first kappa shape index (κ1) is 26.5. The van der Waals surface area contributed by atoms with E-state index in [1.807, 2.05) is 24.3 Å². The second kappa shape index (κ2) is 12.5. The second-order valence-electron chi connectivity index (χ2n) is 7.38. The number of carbonyl (C=O) groups is 1. The fourth-order valence-corrected chi connectivity index (χ4v) is 4.43. The molecule has 4 nitrogen and oxygen atoms in total. The third kappa shape index (κ3) is 6.87. The number of carbonyl (C=O) groups excluding carboxylic acids is 1.